The van der Waals surface area contributed by atoms with Crippen molar-refractivity contribution in [3.63, 3.8) is 0 Å². The van der Waals surface area contributed by atoms with Crippen LogP contribution in [-0.2, 0) is 11.3 Å². The van der Waals surface area contributed by atoms with Gasteiger partial charge < -0.3 is 5.11 Å². The standard InChI is InChI=1S/C14H12N2O4S2/c17-10(18)4-1-5-16-13(19)11-8(9-3-2-6-21-9)7-22-12(11)15-14(16)20/h2-3,6-7H,1,4-5H2,(H,15,20)(H,17,18). The van der Waals surface area contributed by atoms with E-state index in [1.165, 1.54) is 22.7 Å². The molecule has 0 aliphatic rings. The molecular formula is C14H12N2O4S2. The Labute approximate surface area is 132 Å². The smallest absolute Gasteiger partial charge is 0.329 e. The second-order valence-corrected chi connectivity index (χ2v) is 6.54. The Hall–Kier alpha value is -2.19. The van der Waals surface area contributed by atoms with Gasteiger partial charge in [-0.3, -0.25) is 19.1 Å². The van der Waals surface area contributed by atoms with E-state index in [-0.39, 0.29) is 24.9 Å². The number of aromatic amines is 1. The number of H-pyrrole nitrogens is 1. The van der Waals surface area contributed by atoms with Crippen LogP contribution in [0.2, 0.25) is 0 Å². The van der Waals surface area contributed by atoms with Crippen molar-refractivity contribution in [3.05, 3.63) is 43.7 Å². The number of carboxylic acids is 1. The van der Waals surface area contributed by atoms with Crippen molar-refractivity contribution in [2.24, 2.45) is 0 Å². The highest BCUT2D eigenvalue weighted by Crippen LogP contribution is 2.32. The van der Waals surface area contributed by atoms with Crippen LogP contribution in [-0.4, -0.2) is 20.6 Å². The Bertz CT molecular complexity index is 934. The molecule has 0 bridgehead atoms. The molecule has 0 aliphatic heterocycles. The van der Waals surface area contributed by atoms with Crippen LogP contribution in [0, 0.1) is 0 Å². The normalized spacial score (nSPS) is 11.1. The van der Waals surface area contributed by atoms with E-state index in [2.05, 4.69) is 4.98 Å². The number of thiophene rings is 2. The Morgan fingerprint density at radius 2 is 2.14 bits per heavy atom. The van der Waals surface area contributed by atoms with Crippen molar-refractivity contribution in [2.45, 2.75) is 19.4 Å². The fraction of sp³-hybridized carbons (Fsp3) is 0.214. The van der Waals surface area contributed by atoms with Crippen LogP contribution in [0.1, 0.15) is 12.8 Å². The van der Waals surface area contributed by atoms with Gasteiger partial charge in [0.05, 0.1) is 5.39 Å². The third-order valence-corrected chi connectivity index (χ3v) is 5.07. The third kappa shape index (κ3) is 2.62. The van der Waals surface area contributed by atoms with Crippen LogP contribution in [0.3, 0.4) is 0 Å². The lowest BCUT2D eigenvalue weighted by atomic mass is 10.2. The van der Waals surface area contributed by atoms with E-state index >= 15 is 0 Å². The minimum atomic E-state index is -0.944. The number of aliphatic carboxylic acids is 1. The first-order chi connectivity index (χ1) is 10.6. The Balaban J connectivity index is 2.10. The van der Waals surface area contributed by atoms with E-state index in [4.69, 9.17) is 5.11 Å². The molecule has 3 heterocycles. The van der Waals surface area contributed by atoms with Crippen molar-refractivity contribution in [2.75, 3.05) is 0 Å². The van der Waals surface area contributed by atoms with Gasteiger partial charge in [-0.1, -0.05) is 6.07 Å². The van der Waals surface area contributed by atoms with E-state index < -0.39 is 11.7 Å². The van der Waals surface area contributed by atoms with E-state index in [1.807, 2.05) is 22.9 Å². The molecule has 3 aromatic rings. The van der Waals surface area contributed by atoms with E-state index in [0.717, 1.165) is 15.0 Å². The van der Waals surface area contributed by atoms with Crippen LogP contribution in [0.5, 0.6) is 0 Å². The molecule has 0 aromatic carbocycles. The molecule has 22 heavy (non-hydrogen) atoms. The van der Waals surface area contributed by atoms with Crippen LogP contribution < -0.4 is 11.2 Å². The predicted molar refractivity (Wildman–Crippen MR) is 86.9 cm³/mol. The van der Waals surface area contributed by atoms with Crippen molar-refractivity contribution >= 4 is 38.9 Å². The maximum Gasteiger partial charge on any atom is 0.329 e. The first-order valence-electron chi connectivity index (χ1n) is 6.58. The number of aromatic nitrogens is 2. The molecule has 6 nitrogen and oxygen atoms in total. The Kier molecular flexibility index (Phi) is 3.95. The zero-order valence-electron chi connectivity index (χ0n) is 11.4. The van der Waals surface area contributed by atoms with Gasteiger partial charge in [-0.05, 0) is 17.9 Å². The zero-order chi connectivity index (χ0) is 15.7. The van der Waals surface area contributed by atoms with Gasteiger partial charge in [0.1, 0.15) is 4.83 Å². The van der Waals surface area contributed by atoms with E-state index in [9.17, 15) is 14.4 Å². The first kappa shape index (κ1) is 14.7. The summed E-state index contributed by atoms with van der Waals surface area (Å²) in [6, 6.07) is 3.83. The minimum absolute atomic E-state index is 0.0780. The molecule has 0 atom stereocenters. The molecule has 0 radical (unpaired) electrons. The van der Waals surface area contributed by atoms with Crippen LogP contribution in [0.15, 0.2) is 32.5 Å². The number of rotatable bonds is 5. The maximum atomic E-state index is 12.6. The molecule has 2 N–H and O–H groups in total. The number of hydrogen-bond acceptors (Lipinski definition) is 5. The van der Waals surface area contributed by atoms with Crippen LogP contribution in [0.25, 0.3) is 20.7 Å². The average molecular weight is 336 g/mol. The van der Waals surface area contributed by atoms with Crippen LogP contribution >= 0.6 is 22.7 Å². The molecular weight excluding hydrogens is 324 g/mol. The molecule has 0 spiro atoms. The van der Waals surface area contributed by atoms with Crippen molar-refractivity contribution in [1.29, 1.82) is 0 Å². The van der Waals surface area contributed by atoms with E-state index in [0.29, 0.717) is 10.2 Å². The van der Waals surface area contributed by atoms with Gasteiger partial charge >= 0.3 is 11.7 Å². The highest BCUT2D eigenvalue weighted by molar-refractivity contribution is 7.18. The summed E-state index contributed by atoms with van der Waals surface area (Å²) in [5, 5.41) is 12.9. The number of hydrogen-bond donors (Lipinski definition) is 2. The highest BCUT2D eigenvalue weighted by Gasteiger charge is 2.15. The molecule has 3 aromatic heterocycles. The number of carboxylic acid groups (broad SMARTS) is 1. The van der Waals surface area contributed by atoms with Gasteiger partial charge in [0.2, 0.25) is 0 Å². The summed E-state index contributed by atoms with van der Waals surface area (Å²) < 4.78 is 1.08. The Morgan fingerprint density at radius 3 is 2.82 bits per heavy atom. The SMILES string of the molecule is O=C(O)CCCn1c(=O)[nH]c2scc(-c3cccs3)c2c1=O. The quantitative estimate of drug-likeness (QED) is 0.748. The topological polar surface area (TPSA) is 92.2 Å². The molecule has 3 rings (SSSR count). The summed E-state index contributed by atoms with van der Waals surface area (Å²) in [5.74, 6) is -0.944. The fourth-order valence-corrected chi connectivity index (χ4v) is 4.02. The van der Waals surface area contributed by atoms with Gasteiger partial charge in [-0.2, -0.15) is 0 Å². The number of nitrogens with zero attached hydrogens (tertiary/aromatic N) is 1. The van der Waals surface area contributed by atoms with Gasteiger partial charge in [-0.25, -0.2) is 4.79 Å². The summed E-state index contributed by atoms with van der Waals surface area (Å²) in [4.78, 5) is 39.4. The second kappa shape index (κ2) is 5.90. The first-order valence-corrected chi connectivity index (χ1v) is 8.34. The second-order valence-electron chi connectivity index (χ2n) is 4.72. The summed E-state index contributed by atoms with van der Waals surface area (Å²) in [5.41, 5.74) is -0.0560. The predicted octanol–water partition coefficient (Wildman–Crippen LogP) is 2.34. The monoisotopic (exact) mass is 336 g/mol. The van der Waals surface area contributed by atoms with Crippen molar-refractivity contribution < 1.29 is 9.90 Å². The molecule has 0 aliphatic carbocycles. The fourth-order valence-electron chi connectivity index (χ4n) is 2.26. The minimum Gasteiger partial charge on any atom is -0.481 e. The summed E-state index contributed by atoms with van der Waals surface area (Å²) in [6.45, 7) is 0.0934. The molecule has 8 heteroatoms. The molecule has 0 saturated carbocycles. The lowest BCUT2D eigenvalue weighted by molar-refractivity contribution is -0.137. The summed E-state index contributed by atoms with van der Waals surface area (Å²) >= 11 is 2.85. The highest BCUT2D eigenvalue weighted by atomic mass is 32.1. The summed E-state index contributed by atoms with van der Waals surface area (Å²) in [6.07, 6.45) is 0.160. The number of carbonyl (C=O) groups is 1. The van der Waals surface area contributed by atoms with Gasteiger partial charge in [0, 0.05) is 28.8 Å². The number of fused-ring (bicyclic) bond motifs is 1. The molecule has 0 unspecified atom stereocenters. The van der Waals surface area contributed by atoms with Gasteiger partial charge in [-0.15, -0.1) is 22.7 Å². The molecule has 0 amide bonds. The van der Waals surface area contributed by atoms with Gasteiger partial charge in [0.15, 0.2) is 0 Å². The largest absolute Gasteiger partial charge is 0.481 e. The van der Waals surface area contributed by atoms with Crippen LogP contribution in [0.4, 0.5) is 0 Å². The molecule has 114 valence electrons. The van der Waals surface area contributed by atoms with Crippen molar-refractivity contribution in [1.82, 2.24) is 9.55 Å². The Morgan fingerprint density at radius 1 is 1.32 bits per heavy atom. The lowest BCUT2D eigenvalue weighted by Gasteiger charge is -2.04. The number of nitrogens with one attached hydrogen (secondary N) is 1. The average Bonchev–Trinajstić information content (AvgIpc) is 3.10. The third-order valence-electron chi connectivity index (χ3n) is 3.27. The molecule has 0 fully saturated rings. The summed E-state index contributed by atoms with van der Waals surface area (Å²) in [7, 11) is 0. The zero-order valence-corrected chi connectivity index (χ0v) is 13.0. The lowest BCUT2D eigenvalue weighted by Crippen LogP contribution is -2.34. The van der Waals surface area contributed by atoms with Gasteiger partial charge in [0.25, 0.3) is 5.56 Å². The van der Waals surface area contributed by atoms with Crippen molar-refractivity contribution in [3.8, 4) is 10.4 Å². The van der Waals surface area contributed by atoms with E-state index in [1.54, 1.807) is 0 Å². The molecule has 0 saturated heterocycles. The maximum absolute atomic E-state index is 12.6.